The first-order valence-corrected chi connectivity index (χ1v) is 6.72. The van der Waals surface area contributed by atoms with Gasteiger partial charge in [0.15, 0.2) is 0 Å². The van der Waals surface area contributed by atoms with Crippen molar-refractivity contribution in [3.8, 4) is 0 Å². The Morgan fingerprint density at radius 2 is 2.22 bits per heavy atom. The van der Waals surface area contributed by atoms with Gasteiger partial charge in [-0.25, -0.2) is 0 Å². The van der Waals surface area contributed by atoms with Gasteiger partial charge >= 0.3 is 0 Å². The van der Waals surface area contributed by atoms with E-state index >= 15 is 0 Å². The molecule has 2 rings (SSSR count). The van der Waals surface area contributed by atoms with Gasteiger partial charge in [-0.3, -0.25) is 4.79 Å². The van der Waals surface area contributed by atoms with E-state index in [-0.39, 0.29) is 12.5 Å². The van der Waals surface area contributed by atoms with Crippen LogP contribution in [0.2, 0.25) is 10.0 Å². The van der Waals surface area contributed by atoms with Gasteiger partial charge in [0.25, 0.3) is 5.91 Å². The first-order chi connectivity index (χ1) is 8.61. The molecule has 0 aromatic heterocycles. The summed E-state index contributed by atoms with van der Waals surface area (Å²) in [4.78, 5) is 14.1. The highest BCUT2D eigenvalue weighted by Gasteiger charge is 2.27. The summed E-state index contributed by atoms with van der Waals surface area (Å²) in [6.45, 7) is 1.59. The van der Waals surface area contributed by atoms with Crippen LogP contribution in [0.4, 0.5) is 0 Å². The summed E-state index contributed by atoms with van der Waals surface area (Å²) in [6, 6.07) is 4.91. The molecule has 1 aliphatic rings. The summed E-state index contributed by atoms with van der Waals surface area (Å²) in [5, 5.41) is 9.82. The first kappa shape index (κ1) is 13.7. The molecule has 0 saturated carbocycles. The van der Waals surface area contributed by atoms with Gasteiger partial charge in [0.05, 0.1) is 10.6 Å². The molecule has 1 aliphatic heterocycles. The number of nitrogens with zero attached hydrogens (tertiary/aromatic N) is 1. The van der Waals surface area contributed by atoms with Crippen LogP contribution in [0.15, 0.2) is 18.2 Å². The van der Waals surface area contributed by atoms with Crippen LogP contribution >= 0.6 is 23.2 Å². The molecule has 0 bridgehead atoms. The lowest BCUT2D eigenvalue weighted by molar-refractivity contribution is 0.0785. The zero-order valence-corrected chi connectivity index (χ0v) is 11.4. The lowest BCUT2D eigenvalue weighted by atomic mass is 10.1. The smallest absolute Gasteiger partial charge is 0.255 e. The van der Waals surface area contributed by atoms with E-state index < -0.39 is 0 Å². The predicted octanol–water partition coefficient (Wildman–Crippen LogP) is 2.84. The van der Waals surface area contributed by atoms with Crippen LogP contribution < -0.4 is 0 Å². The average molecular weight is 288 g/mol. The first-order valence-electron chi connectivity index (χ1n) is 5.97. The van der Waals surface area contributed by atoms with Crippen molar-refractivity contribution in [2.45, 2.75) is 12.8 Å². The Morgan fingerprint density at radius 3 is 2.89 bits per heavy atom. The van der Waals surface area contributed by atoms with E-state index in [0.29, 0.717) is 28.1 Å². The lowest BCUT2D eigenvalue weighted by Gasteiger charge is -2.17. The normalized spacial score (nSPS) is 19.3. The molecule has 0 aliphatic carbocycles. The van der Waals surface area contributed by atoms with E-state index in [1.54, 1.807) is 23.1 Å². The zero-order chi connectivity index (χ0) is 13.1. The summed E-state index contributed by atoms with van der Waals surface area (Å²) < 4.78 is 0. The number of hydrogen-bond acceptors (Lipinski definition) is 2. The summed E-state index contributed by atoms with van der Waals surface area (Å²) in [7, 11) is 0. The molecule has 3 nitrogen and oxygen atoms in total. The van der Waals surface area contributed by atoms with Gasteiger partial charge in [0.2, 0.25) is 0 Å². The molecule has 1 fully saturated rings. The molecule has 5 heteroatoms. The van der Waals surface area contributed by atoms with Gasteiger partial charge in [0.1, 0.15) is 0 Å². The molecular weight excluding hydrogens is 273 g/mol. The number of benzene rings is 1. The Bertz CT molecular complexity index is 451. The molecule has 98 valence electrons. The standard InChI is InChI=1S/C13H15Cl2NO2/c14-10-1-2-11(12(15)7-10)13(18)16-5-3-9(8-16)4-6-17/h1-2,7,9,17H,3-6,8H2. The minimum Gasteiger partial charge on any atom is -0.396 e. The Kier molecular flexibility index (Phi) is 4.49. The fourth-order valence-electron chi connectivity index (χ4n) is 2.27. The minimum atomic E-state index is -0.0582. The van der Waals surface area contributed by atoms with E-state index in [9.17, 15) is 4.79 Å². The fourth-order valence-corrected chi connectivity index (χ4v) is 2.76. The Morgan fingerprint density at radius 1 is 1.44 bits per heavy atom. The SMILES string of the molecule is O=C(c1ccc(Cl)cc1Cl)N1CCC(CCO)C1. The van der Waals surface area contributed by atoms with E-state index in [2.05, 4.69) is 0 Å². The summed E-state index contributed by atoms with van der Waals surface area (Å²) in [5.41, 5.74) is 0.491. The Labute approximate surface area is 116 Å². The highest BCUT2D eigenvalue weighted by Crippen LogP contribution is 2.26. The third-order valence-corrected chi connectivity index (χ3v) is 3.82. The molecule has 0 spiro atoms. The van der Waals surface area contributed by atoms with Crippen molar-refractivity contribution >= 4 is 29.1 Å². The van der Waals surface area contributed by atoms with Gasteiger partial charge in [-0.05, 0) is 37.0 Å². The number of halogens is 2. The van der Waals surface area contributed by atoms with Crippen LogP contribution in [0, 0.1) is 5.92 Å². The molecule has 1 unspecified atom stereocenters. The van der Waals surface area contributed by atoms with Crippen molar-refractivity contribution in [2.24, 2.45) is 5.92 Å². The van der Waals surface area contributed by atoms with Gasteiger partial charge < -0.3 is 10.0 Å². The minimum absolute atomic E-state index is 0.0582. The van der Waals surface area contributed by atoms with Crippen molar-refractivity contribution in [2.75, 3.05) is 19.7 Å². The van der Waals surface area contributed by atoms with Crippen LogP contribution in [0.1, 0.15) is 23.2 Å². The predicted molar refractivity (Wildman–Crippen MR) is 72.2 cm³/mol. The maximum Gasteiger partial charge on any atom is 0.255 e. The van der Waals surface area contributed by atoms with Crippen molar-refractivity contribution < 1.29 is 9.90 Å². The molecule has 1 atom stereocenters. The number of hydrogen-bond donors (Lipinski definition) is 1. The van der Waals surface area contributed by atoms with Crippen LogP contribution in [0.25, 0.3) is 0 Å². The fraction of sp³-hybridized carbons (Fsp3) is 0.462. The second-order valence-corrected chi connectivity index (χ2v) is 5.39. The summed E-state index contributed by atoms with van der Waals surface area (Å²) in [5.74, 6) is 0.335. The molecule has 0 radical (unpaired) electrons. The molecule has 18 heavy (non-hydrogen) atoms. The Hall–Kier alpha value is -0.770. The van der Waals surface area contributed by atoms with Gasteiger partial charge in [-0.2, -0.15) is 0 Å². The molecule has 1 N–H and O–H groups in total. The highest BCUT2D eigenvalue weighted by molar-refractivity contribution is 6.36. The van der Waals surface area contributed by atoms with Gasteiger partial charge in [-0.15, -0.1) is 0 Å². The van der Waals surface area contributed by atoms with Crippen LogP contribution in [-0.4, -0.2) is 35.6 Å². The monoisotopic (exact) mass is 287 g/mol. The van der Waals surface area contributed by atoms with Crippen LogP contribution in [0.5, 0.6) is 0 Å². The van der Waals surface area contributed by atoms with E-state index in [4.69, 9.17) is 28.3 Å². The number of carbonyl (C=O) groups excluding carboxylic acids is 1. The van der Waals surface area contributed by atoms with E-state index in [0.717, 1.165) is 19.4 Å². The van der Waals surface area contributed by atoms with Gasteiger partial charge in [0, 0.05) is 24.7 Å². The number of rotatable bonds is 3. The molecule has 1 amide bonds. The molecule has 1 saturated heterocycles. The Balaban J connectivity index is 2.08. The highest BCUT2D eigenvalue weighted by atomic mass is 35.5. The summed E-state index contributed by atoms with van der Waals surface area (Å²) >= 11 is 11.8. The number of carbonyl (C=O) groups is 1. The van der Waals surface area contributed by atoms with Crippen molar-refractivity contribution in [3.63, 3.8) is 0 Å². The van der Waals surface area contributed by atoms with Crippen molar-refractivity contribution in [1.82, 2.24) is 4.90 Å². The van der Waals surface area contributed by atoms with Crippen LogP contribution in [0.3, 0.4) is 0 Å². The molecule has 1 aromatic rings. The number of aliphatic hydroxyl groups excluding tert-OH is 1. The molecular formula is C13H15Cl2NO2. The quantitative estimate of drug-likeness (QED) is 0.929. The van der Waals surface area contributed by atoms with Crippen molar-refractivity contribution in [3.05, 3.63) is 33.8 Å². The average Bonchev–Trinajstić information content (AvgIpc) is 2.77. The largest absolute Gasteiger partial charge is 0.396 e. The van der Waals surface area contributed by atoms with E-state index in [1.807, 2.05) is 0 Å². The summed E-state index contributed by atoms with van der Waals surface area (Å²) in [6.07, 6.45) is 1.69. The number of aliphatic hydroxyl groups is 1. The molecule has 1 aromatic carbocycles. The van der Waals surface area contributed by atoms with E-state index in [1.165, 1.54) is 0 Å². The zero-order valence-electron chi connectivity index (χ0n) is 9.90. The second-order valence-electron chi connectivity index (χ2n) is 4.54. The third kappa shape index (κ3) is 2.97. The number of amides is 1. The number of likely N-dealkylation sites (tertiary alicyclic amines) is 1. The maximum absolute atomic E-state index is 12.3. The second kappa shape index (κ2) is 5.91. The topological polar surface area (TPSA) is 40.5 Å². The van der Waals surface area contributed by atoms with Crippen LogP contribution in [-0.2, 0) is 0 Å². The maximum atomic E-state index is 12.3. The third-order valence-electron chi connectivity index (χ3n) is 3.27. The molecule has 1 heterocycles. The van der Waals surface area contributed by atoms with Crippen molar-refractivity contribution in [1.29, 1.82) is 0 Å². The van der Waals surface area contributed by atoms with Gasteiger partial charge in [-0.1, -0.05) is 23.2 Å². The lowest BCUT2D eigenvalue weighted by Crippen LogP contribution is -2.29.